The SMILES string of the molecule is CCn1c(SCC(=O)Nc2ccc(Br)cc2)nnc1[C@H](C)NC(=O)Cc1ccc(OC)cc1. The Balaban J connectivity index is 1.56. The van der Waals surface area contributed by atoms with Crippen LogP contribution in [0.5, 0.6) is 5.75 Å². The van der Waals surface area contributed by atoms with Crippen molar-refractivity contribution in [1.82, 2.24) is 20.1 Å². The van der Waals surface area contributed by atoms with Gasteiger partial charge in [-0.3, -0.25) is 9.59 Å². The molecule has 0 aliphatic carbocycles. The first-order valence-electron chi connectivity index (χ1n) is 10.4. The fourth-order valence-electron chi connectivity index (χ4n) is 3.17. The third kappa shape index (κ3) is 7.06. The van der Waals surface area contributed by atoms with Gasteiger partial charge in [0.2, 0.25) is 11.8 Å². The molecule has 33 heavy (non-hydrogen) atoms. The van der Waals surface area contributed by atoms with Crippen LogP contribution in [0.4, 0.5) is 5.69 Å². The molecule has 10 heteroatoms. The van der Waals surface area contributed by atoms with Gasteiger partial charge in [0, 0.05) is 16.7 Å². The molecule has 0 saturated carbocycles. The molecule has 0 bridgehead atoms. The fraction of sp³-hybridized carbons (Fsp3) is 0.304. The first-order valence-corrected chi connectivity index (χ1v) is 12.2. The lowest BCUT2D eigenvalue weighted by Gasteiger charge is -2.15. The Labute approximate surface area is 205 Å². The standard InChI is InChI=1S/C23H26BrN5O3S/c1-4-29-22(15(2)25-20(30)13-16-5-11-19(32-3)12-6-16)27-28-23(29)33-14-21(31)26-18-9-7-17(24)8-10-18/h5-12,15H,4,13-14H2,1-3H3,(H,25,30)(H,26,31)/t15-/m0/s1. The minimum absolute atomic E-state index is 0.110. The van der Waals surface area contributed by atoms with Gasteiger partial charge in [-0.25, -0.2) is 0 Å². The zero-order chi connectivity index (χ0) is 23.8. The van der Waals surface area contributed by atoms with Gasteiger partial charge in [0.15, 0.2) is 11.0 Å². The Hall–Kier alpha value is -2.85. The number of halogens is 1. The van der Waals surface area contributed by atoms with Crippen LogP contribution in [-0.2, 0) is 22.6 Å². The topological polar surface area (TPSA) is 98.1 Å². The molecule has 2 N–H and O–H groups in total. The largest absolute Gasteiger partial charge is 0.497 e. The van der Waals surface area contributed by atoms with Gasteiger partial charge < -0.3 is 19.9 Å². The highest BCUT2D eigenvalue weighted by atomic mass is 79.9. The number of carbonyl (C=O) groups is 2. The van der Waals surface area contributed by atoms with E-state index in [9.17, 15) is 9.59 Å². The molecule has 0 spiro atoms. The van der Waals surface area contributed by atoms with Gasteiger partial charge in [-0.2, -0.15) is 0 Å². The predicted molar refractivity (Wildman–Crippen MR) is 132 cm³/mol. The first kappa shape index (κ1) is 24.8. The van der Waals surface area contributed by atoms with Crippen molar-refractivity contribution in [3.63, 3.8) is 0 Å². The number of carbonyl (C=O) groups excluding carboxylic acids is 2. The summed E-state index contributed by atoms with van der Waals surface area (Å²) < 4.78 is 8.01. The van der Waals surface area contributed by atoms with Gasteiger partial charge in [-0.05, 0) is 55.8 Å². The highest BCUT2D eigenvalue weighted by molar-refractivity contribution is 9.10. The van der Waals surface area contributed by atoms with Crippen LogP contribution < -0.4 is 15.4 Å². The monoisotopic (exact) mass is 531 g/mol. The van der Waals surface area contributed by atoms with E-state index in [-0.39, 0.29) is 30.0 Å². The summed E-state index contributed by atoms with van der Waals surface area (Å²) in [6, 6.07) is 14.5. The van der Waals surface area contributed by atoms with E-state index in [1.807, 2.05) is 66.9 Å². The third-order valence-electron chi connectivity index (χ3n) is 4.81. The molecule has 1 heterocycles. The maximum atomic E-state index is 12.5. The molecule has 0 aliphatic rings. The van der Waals surface area contributed by atoms with E-state index in [1.165, 1.54) is 11.8 Å². The van der Waals surface area contributed by atoms with Crippen molar-refractivity contribution in [3.05, 3.63) is 64.4 Å². The lowest BCUT2D eigenvalue weighted by molar-refractivity contribution is -0.121. The molecular formula is C23H26BrN5O3S. The van der Waals surface area contributed by atoms with Crippen LogP contribution in [-0.4, -0.2) is 39.4 Å². The highest BCUT2D eigenvalue weighted by Gasteiger charge is 2.20. The molecule has 0 saturated heterocycles. The number of hydrogen-bond acceptors (Lipinski definition) is 6. The Bertz CT molecular complexity index is 1090. The smallest absolute Gasteiger partial charge is 0.234 e. The van der Waals surface area contributed by atoms with Gasteiger partial charge in [0.05, 0.1) is 25.3 Å². The highest BCUT2D eigenvalue weighted by Crippen LogP contribution is 2.21. The Morgan fingerprint density at radius 1 is 1.09 bits per heavy atom. The van der Waals surface area contributed by atoms with Crippen molar-refractivity contribution in [2.75, 3.05) is 18.2 Å². The minimum atomic E-state index is -0.325. The number of rotatable bonds is 10. The molecule has 0 fully saturated rings. The number of thioether (sulfide) groups is 1. The van der Waals surface area contributed by atoms with Gasteiger partial charge in [0.25, 0.3) is 0 Å². The second-order valence-electron chi connectivity index (χ2n) is 7.24. The molecule has 3 rings (SSSR count). The molecule has 0 aliphatic heterocycles. The molecule has 1 atom stereocenters. The minimum Gasteiger partial charge on any atom is -0.497 e. The van der Waals surface area contributed by atoms with Crippen LogP contribution in [0, 0.1) is 0 Å². The first-order chi connectivity index (χ1) is 15.9. The van der Waals surface area contributed by atoms with Crippen LogP contribution >= 0.6 is 27.7 Å². The second kappa shape index (κ2) is 11.9. The number of anilines is 1. The number of hydrogen-bond donors (Lipinski definition) is 2. The van der Waals surface area contributed by atoms with E-state index in [4.69, 9.17) is 4.74 Å². The molecule has 8 nitrogen and oxygen atoms in total. The Morgan fingerprint density at radius 2 is 1.79 bits per heavy atom. The van der Waals surface area contributed by atoms with Crippen molar-refractivity contribution >= 4 is 45.2 Å². The molecule has 174 valence electrons. The molecule has 2 amide bonds. The summed E-state index contributed by atoms with van der Waals surface area (Å²) in [5.74, 6) is 1.36. The zero-order valence-electron chi connectivity index (χ0n) is 18.7. The predicted octanol–water partition coefficient (Wildman–Crippen LogP) is 4.22. The van der Waals surface area contributed by atoms with Gasteiger partial charge in [-0.1, -0.05) is 39.8 Å². The van der Waals surface area contributed by atoms with Crippen LogP contribution in [0.2, 0.25) is 0 Å². The lowest BCUT2D eigenvalue weighted by atomic mass is 10.1. The average Bonchev–Trinajstić information content (AvgIpc) is 3.23. The Morgan fingerprint density at radius 3 is 2.42 bits per heavy atom. The number of methoxy groups -OCH3 is 1. The average molecular weight is 532 g/mol. The van der Waals surface area contributed by atoms with E-state index in [1.54, 1.807) is 7.11 Å². The van der Waals surface area contributed by atoms with Crippen molar-refractivity contribution in [1.29, 1.82) is 0 Å². The van der Waals surface area contributed by atoms with E-state index in [0.29, 0.717) is 17.5 Å². The summed E-state index contributed by atoms with van der Waals surface area (Å²) in [6.07, 6.45) is 0.256. The van der Waals surface area contributed by atoms with Crippen LogP contribution in [0.25, 0.3) is 0 Å². The van der Waals surface area contributed by atoms with Gasteiger partial charge >= 0.3 is 0 Å². The summed E-state index contributed by atoms with van der Waals surface area (Å²) in [7, 11) is 1.61. The number of aromatic nitrogens is 3. The number of ether oxygens (including phenoxy) is 1. The van der Waals surface area contributed by atoms with Crippen LogP contribution in [0.15, 0.2) is 58.2 Å². The zero-order valence-corrected chi connectivity index (χ0v) is 21.1. The normalized spacial score (nSPS) is 11.6. The molecular weight excluding hydrogens is 506 g/mol. The summed E-state index contributed by atoms with van der Waals surface area (Å²) in [4.78, 5) is 24.8. The van der Waals surface area contributed by atoms with E-state index >= 15 is 0 Å². The van der Waals surface area contributed by atoms with Crippen LogP contribution in [0.1, 0.15) is 31.3 Å². The Kier molecular flexibility index (Phi) is 8.90. The fourth-order valence-corrected chi connectivity index (χ4v) is 4.24. The van der Waals surface area contributed by atoms with Crippen molar-refractivity contribution in [2.24, 2.45) is 0 Å². The molecule has 2 aromatic carbocycles. The number of nitrogens with zero attached hydrogens (tertiary/aromatic N) is 3. The van der Waals surface area contributed by atoms with Crippen molar-refractivity contribution in [3.8, 4) is 5.75 Å². The molecule has 1 aromatic heterocycles. The number of benzene rings is 2. The van der Waals surface area contributed by atoms with Crippen molar-refractivity contribution < 1.29 is 14.3 Å². The lowest BCUT2D eigenvalue weighted by Crippen LogP contribution is -2.30. The summed E-state index contributed by atoms with van der Waals surface area (Å²) in [6.45, 7) is 4.47. The molecule has 0 unspecified atom stereocenters. The third-order valence-corrected chi connectivity index (χ3v) is 6.31. The summed E-state index contributed by atoms with van der Waals surface area (Å²) in [5, 5.41) is 15.0. The maximum Gasteiger partial charge on any atom is 0.234 e. The summed E-state index contributed by atoms with van der Waals surface area (Å²) in [5.41, 5.74) is 1.63. The second-order valence-corrected chi connectivity index (χ2v) is 9.10. The number of nitrogens with one attached hydrogen (secondary N) is 2. The van der Waals surface area contributed by atoms with Gasteiger partial charge in [0.1, 0.15) is 5.75 Å². The van der Waals surface area contributed by atoms with E-state index < -0.39 is 0 Å². The molecule has 3 aromatic rings. The van der Waals surface area contributed by atoms with Crippen molar-refractivity contribution in [2.45, 2.75) is 38.0 Å². The number of amides is 2. The van der Waals surface area contributed by atoms with E-state index in [0.717, 1.165) is 21.5 Å². The van der Waals surface area contributed by atoms with Gasteiger partial charge in [-0.15, -0.1) is 10.2 Å². The quantitative estimate of drug-likeness (QED) is 0.380. The molecule has 0 radical (unpaired) electrons. The van der Waals surface area contributed by atoms with Crippen LogP contribution in [0.3, 0.4) is 0 Å². The van der Waals surface area contributed by atoms with E-state index in [2.05, 4.69) is 36.8 Å². The maximum absolute atomic E-state index is 12.5. The summed E-state index contributed by atoms with van der Waals surface area (Å²) >= 11 is 4.68.